The van der Waals surface area contributed by atoms with E-state index in [0.29, 0.717) is 13.2 Å². The van der Waals surface area contributed by atoms with Gasteiger partial charge in [0.25, 0.3) is 5.91 Å². The van der Waals surface area contributed by atoms with Crippen LogP contribution in [0.2, 0.25) is 0 Å². The van der Waals surface area contributed by atoms with Gasteiger partial charge in [0, 0.05) is 24.5 Å². The van der Waals surface area contributed by atoms with Crippen molar-refractivity contribution in [1.29, 1.82) is 0 Å². The summed E-state index contributed by atoms with van der Waals surface area (Å²) in [7, 11) is 1.69. The molecule has 1 aromatic heterocycles. The molecule has 1 aliphatic rings. The zero-order chi connectivity index (χ0) is 20.4. The Morgan fingerprint density at radius 3 is 2.76 bits per heavy atom. The van der Waals surface area contributed by atoms with Crippen molar-refractivity contribution in [1.82, 2.24) is 4.98 Å². The molecule has 1 aliphatic heterocycles. The number of amides is 1. The Morgan fingerprint density at radius 1 is 1.21 bits per heavy atom. The maximum absolute atomic E-state index is 12.9. The van der Waals surface area contributed by atoms with Crippen molar-refractivity contribution in [2.45, 2.75) is 32.9 Å². The minimum atomic E-state index is -0.501. The molecule has 150 valence electrons. The van der Waals surface area contributed by atoms with Gasteiger partial charge in [-0.2, -0.15) is 0 Å². The number of carbonyl (C=O) groups is 1. The average Bonchev–Trinajstić information content (AvgIpc) is 3.20. The van der Waals surface area contributed by atoms with E-state index in [1.54, 1.807) is 25.4 Å². The lowest BCUT2D eigenvalue weighted by molar-refractivity contribution is -0.125. The largest absolute Gasteiger partial charge is 0.479 e. The average molecular weight is 409 g/mol. The van der Waals surface area contributed by atoms with Crippen LogP contribution in [0.25, 0.3) is 11.3 Å². The number of rotatable bonds is 6. The Balaban J connectivity index is 1.66. The summed E-state index contributed by atoms with van der Waals surface area (Å²) in [5, 5.41) is 3.09. The number of fused-ring (bicyclic) bond motifs is 1. The van der Waals surface area contributed by atoms with Gasteiger partial charge in [0.1, 0.15) is 5.75 Å². The number of hydrogen-bond acceptors (Lipinski definition) is 5. The molecule has 4 rings (SSSR count). The molecule has 0 N–H and O–H groups in total. The quantitative estimate of drug-likeness (QED) is 0.597. The summed E-state index contributed by atoms with van der Waals surface area (Å²) in [6, 6.07) is 14.2. The molecule has 6 heteroatoms. The summed E-state index contributed by atoms with van der Waals surface area (Å²) < 4.78 is 11.0. The zero-order valence-corrected chi connectivity index (χ0v) is 17.7. The molecule has 1 amide bonds. The molecule has 5 nitrogen and oxygen atoms in total. The van der Waals surface area contributed by atoms with Gasteiger partial charge in [-0.15, -0.1) is 11.3 Å². The molecule has 1 unspecified atom stereocenters. The van der Waals surface area contributed by atoms with Crippen LogP contribution in [0.4, 0.5) is 5.69 Å². The zero-order valence-electron chi connectivity index (χ0n) is 16.8. The molecule has 0 saturated heterocycles. The van der Waals surface area contributed by atoms with Crippen LogP contribution in [0.15, 0.2) is 47.8 Å². The Bertz CT molecular complexity index is 1010. The van der Waals surface area contributed by atoms with Crippen LogP contribution in [0, 0.1) is 6.92 Å². The van der Waals surface area contributed by atoms with Crippen molar-refractivity contribution in [3.8, 4) is 17.0 Å². The third-order valence-corrected chi connectivity index (χ3v) is 5.90. The molecule has 3 aromatic rings. The van der Waals surface area contributed by atoms with Gasteiger partial charge in [-0.3, -0.25) is 4.79 Å². The molecule has 0 saturated carbocycles. The Morgan fingerprint density at radius 2 is 2.00 bits per heavy atom. The van der Waals surface area contributed by atoms with Crippen molar-refractivity contribution >= 4 is 22.9 Å². The third kappa shape index (κ3) is 4.18. The highest BCUT2D eigenvalue weighted by Crippen LogP contribution is 2.38. The fourth-order valence-electron chi connectivity index (χ4n) is 3.35. The van der Waals surface area contributed by atoms with E-state index in [0.717, 1.165) is 39.7 Å². The number of nitrogens with zero attached hydrogens (tertiary/aromatic N) is 2. The number of hydrogen-bond donors (Lipinski definition) is 0. The molecular weight excluding hydrogens is 384 g/mol. The first-order chi connectivity index (χ1) is 14.0. The number of methoxy groups -OCH3 is 1. The highest BCUT2D eigenvalue weighted by molar-refractivity contribution is 7.09. The van der Waals surface area contributed by atoms with Gasteiger partial charge in [0.2, 0.25) is 0 Å². The molecule has 0 spiro atoms. The minimum absolute atomic E-state index is 0.0331. The number of carbonyl (C=O) groups excluding carboxylic acids is 1. The predicted octanol–water partition coefficient (Wildman–Crippen LogP) is 4.62. The fraction of sp³-hybridized carbons (Fsp3) is 0.304. The van der Waals surface area contributed by atoms with Crippen LogP contribution < -0.4 is 9.64 Å². The van der Waals surface area contributed by atoms with Crippen molar-refractivity contribution in [3.63, 3.8) is 0 Å². The van der Waals surface area contributed by atoms with E-state index >= 15 is 0 Å². The van der Waals surface area contributed by atoms with E-state index in [-0.39, 0.29) is 5.91 Å². The monoisotopic (exact) mass is 408 g/mol. The van der Waals surface area contributed by atoms with E-state index < -0.39 is 6.10 Å². The summed E-state index contributed by atoms with van der Waals surface area (Å²) in [5.41, 5.74) is 4.96. The number of thiazole rings is 1. The van der Waals surface area contributed by atoms with Crippen molar-refractivity contribution in [3.05, 3.63) is 64.0 Å². The van der Waals surface area contributed by atoms with E-state index in [1.807, 2.05) is 28.5 Å². The van der Waals surface area contributed by atoms with Gasteiger partial charge >= 0.3 is 0 Å². The number of anilines is 1. The van der Waals surface area contributed by atoms with Gasteiger partial charge in [-0.05, 0) is 37.6 Å². The Hall–Kier alpha value is -2.70. The van der Waals surface area contributed by atoms with Gasteiger partial charge in [0.15, 0.2) is 6.10 Å². The highest BCUT2D eigenvalue weighted by atomic mass is 32.1. The normalized spacial score (nSPS) is 15.9. The number of ether oxygens (including phenoxy) is 2. The molecule has 0 aliphatic carbocycles. The topological polar surface area (TPSA) is 51.7 Å². The van der Waals surface area contributed by atoms with Crippen LogP contribution in [-0.2, 0) is 22.5 Å². The van der Waals surface area contributed by atoms with E-state index in [2.05, 4.69) is 31.2 Å². The summed E-state index contributed by atoms with van der Waals surface area (Å²) in [6.07, 6.45) is 0.295. The molecule has 2 heterocycles. The second kappa shape index (κ2) is 8.35. The van der Waals surface area contributed by atoms with E-state index in [1.165, 1.54) is 5.56 Å². The number of aryl methyl sites for hydroxylation is 1. The molecule has 29 heavy (non-hydrogen) atoms. The molecule has 0 bridgehead atoms. The van der Waals surface area contributed by atoms with Gasteiger partial charge < -0.3 is 14.4 Å². The summed E-state index contributed by atoms with van der Waals surface area (Å²) in [5.74, 6) is 0.692. The third-order valence-electron chi connectivity index (χ3n) is 5.00. The van der Waals surface area contributed by atoms with Crippen LogP contribution >= 0.6 is 11.3 Å². The lowest BCUT2D eigenvalue weighted by Gasteiger charge is -2.33. The van der Waals surface area contributed by atoms with Gasteiger partial charge in [-0.25, -0.2) is 4.98 Å². The summed E-state index contributed by atoms with van der Waals surface area (Å²) >= 11 is 1.62. The number of benzene rings is 2. The number of aromatic nitrogens is 1. The summed E-state index contributed by atoms with van der Waals surface area (Å²) in [6.45, 7) is 5.02. The smallest absolute Gasteiger partial charge is 0.268 e. The summed E-state index contributed by atoms with van der Waals surface area (Å²) in [4.78, 5) is 19.4. The first-order valence-electron chi connectivity index (χ1n) is 9.66. The fourth-order valence-corrected chi connectivity index (χ4v) is 4.14. The van der Waals surface area contributed by atoms with Crippen molar-refractivity contribution in [2.24, 2.45) is 0 Å². The van der Waals surface area contributed by atoms with Crippen LogP contribution in [-0.4, -0.2) is 30.7 Å². The maximum Gasteiger partial charge on any atom is 0.268 e. The maximum atomic E-state index is 12.9. The Kier molecular flexibility index (Phi) is 5.65. The predicted molar refractivity (Wildman–Crippen MR) is 116 cm³/mol. The molecule has 0 radical (unpaired) electrons. The molecule has 0 fully saturated rings. The van der Waals surface area contributed by atoms with E-state index in [4.69, 9.17) is 14.5 Å². The minimum Gasteiger partial charge on any atom is -0.479 e. The highest BCUT2D eigenvalue weighted by Gasteiger charge is 2.32. The van der Waals surface area contributed by atoms with Gasteiger partial charge in [-0.1, -0.05) is 29.8 Å². The molecule has 1 atom stereocenters. The van der Waals surface area contributed by atoms with Crippen molar-refractivity contribution in [2.75, 3.05) is 18.6 Å². The first kappa shape index (κ1) is 19.6. The molecule has 2 aromatic carbocycles. The molecular formula is C23H24N2O3S. The standard InChI is InChI=1S/C23H24N2O3S/c1-15-4-6-17(7-5-15)13-25-20-12-18(8-9-21(20)28-16(2)23(25)26)19-14-29-22(24-19)10-11-27-3/h4-9,12,14,16H,10-11,13H2,1-3H3. The lowest BCUT2D eigenvalue weighted by atomic mass is 10.1. The Labute approximate surface area is 174 Å². The van der Waals surface area contributed by atoms with Gasteiger partial charge in [0.05, 0.1) is 29.5 Å². The van der Waals surface area contributed by atoms with Crippen LogP contribution in [0.5, 0.6) is 5.75 Å². The first-order valence-corrected chi connectivity index (χ1v) is 10.5. The second-order valence-corrected chi connectivity index (χ2v) is 8.16. The van der Waals surface area contributed by atoms with E-state index in [9.17, 15) is 4.79 Å². The lowest BCUT2D eigenvalue weighted by Crippen LogP contribution is -2.44. The van der Waals surface area contributed by atoms with Crippen LogP contribution in [0.3, 0.4) is 0 Å². The second-order valence-electron chi connectivity index (χ2n) is 7.22. The SMILES string of the molecule is COCCc1nc(-c2ccc3c(c2)N(Cc2ccc(C)cc2)C(=O)C(C)O3)cs1. The van der Waals surface area contributed by atoms with Crippen LogP contribution in [0.1, 0.15) is 23.1 Å². The van der Waals surface area contributed by atoms with Crippen molar-refractivity contribution < 1.29 is 14.3 Å².